The molecule has 0 amide bonds. The van der Waals surface area contributed by atoms with Crippen LogP contribution in [-0.4, -0.2) is 25.3 Å². The van der Waals surface area contributed by atoms with Gasteiger partial charge in [0.25, 0.3) is 5.97 Å². The van der Waals surface area contributed by atoms with Gasteiger partial charge in [0.1, 0.15) is 0 Å². The summed E-state index contributed by atoms with van der Waals surface area (Å²) in [7, 11) is 2.60. The quantitative estimate of drug-likeness (QED) is 0.492. The van der Waals surface area contributed by atoms with Crippen LogP contribution in [0.15, 0.2) is 0 Å². The Labute approximate surface area is 42.9 Å². The maximum Gasteiger partial charge on any atom is 0.280 e. The van der Waals surface area contributed by atoms with E-state index < -0.39 is 5.97 Å². The Hall–Kier alpha value is -0.120. The van der Waals surface area contributed by atoms with Crippen molar-refractivity contribution in [2.24, 2.45) is 0 Å². The lowest BCUT2D eigenvalue weighted by Crippen LogP contribution is -2.28. The molecule has 0 aliphatic rings. The number of rotatable bonds is 2. The molecule has 43 valence electrons. The fourth-order valence-corrected chi connectivity index (χ4v) is 0.0833. The molecule has 3 heteroatoms. The molecule has 0 aromatic rings. The Bertz CT molecular complexity index is 44.9. The molecule has 3 nitrogen and oxygen atoms in total. The predicted molar refractivity (Wildman–Crippen MR) is 24.3 cm³/mol. The van der Waals surface area contributed by atoms with Crippen molar-refractivity contribution in [2.75, 3.05) is 14.2 Å². The third kappa shape index (κ3) is 2.56. The summed E-state index contributed by atoms with van der Waals surface area (Å²) < 4.78 is 8.62. The van der Waals surface area contributed by atoms with Crippen molar-refractivity contribution in [3.8, 4) is 0 Å². The zero-order chi connectivity index (χ0) is 5.91. The van der Waals surface area contributed by atoms with Crippen molar-refractivity contribution in [1.82, 2.24) is 0 Å². The van der Waals surface area contributed by atoms with E-state index in [4.69, 9.17) is 5.11 Å². The van der Waals surface area contributed by atoms with Crippen LogP contribution in [0.25, 0.3) is 0 Å². The molecular weight excluding hydrogens is 96.0 g/mol. The molecule has 0 heterocycles. The monoisotopic (exact) mass is 105 g/mol. The second-order valence-corrected chi connectivity index (χ2v) is 1.12. The molecule has 0 unspecified atom stereocenters. The first-order chi connectivity index (χ1) is 3.12. The Balaban J connectivity index is 3.36. The minimum atomic E-state index is -1.67. The highest BCUT2D eigenvalue weighted by molar-refractivity contribution is 4.50. The van der Waals surface area contributed by atoms with E-state index in [2.05, 4.69) is 16.4 Å². The SMILES string of the molecule is [CH2]C(O)(OC)OC. The second-order valence-electron chi connectivity index (χ2n) is 1.12. The molecule has 0 spiro atoms. The number of aliphatic hydroxyl groups is 1. The van der Waals surface area contributed by atoms with Crippen LogP contribution >= 0.6 is 0 Å². The average molecular weight is 105 g/mol. The van der Waals surface area contributed by atoms with Gasteiger partial charge in [-0.15, -0.1) is 0 Å². The fraction of sp³-hybridized carbons (Fsp3) is 0.750. The van der Waals surface area contributed by atoms with Gasteiger partial charge in [-0.3, -0.25) is 0 Å². The molecule has 7 heavy (non-hydrogen) atoms. The summed E-state index contributed by atoms with van der Waals surface area (Å²) in [4.78, 5) is 0. The molecule has 1 radical (unpaired) electrons. The summed E-state index contributed by atoms with van der Waals surface area (Å²) in [6, 6.07) is 0. The summed E-state index contributed by atoms with van der Waals surface area (Å²) in [6.45, 7) is 3.12. The number of methoxy groups -OCH3 is 2. The van der Waals surface area contributed by atoms with E-state index in [1.807, 2.05) is 0 Å². The van der Waals surface area contributed by atoms with Crippen molar-refractivity contribution >= 4 is 0 Å². The topological polar surface area (TPSA) is 38.7 Å². The van der Waals surface area contributed by atoms with Gasteiger partial charge in [0.15, 0.2) is 0 Å². The smallest absolute Gasteiger partial charge is 0.280 e. The summed E-state index contributed by atoms with van der Waals surface area (Å²) in [6.07, 6.45) is 0. The maximum absolute atomic E-state index is 8.58. The molecular formula is C4H9O3. The van der Waals surface area contributed by atoms with Gasteiger partial charge in [-0.25, -0.2) is 0 Å². The van der Waals surface area contributed by atoms with Crippen molar-refractivity contribution in [3.05, 3.63) is 6.92 Å². The van der Waals surface area contributed by atoms with Crippen LogP contribution in [0.1, 0.15) is 0 Å². The molecule has 0 aliphatic heterocycles. The lowest BCUT2D eigenvalue weighted by molar-refractivity contribution is -0.307. The number of ether oxygens (including phenoxy) is 2. The van der Waals surface area contributed by atoms with Gasteiger partial charge in [-0.05, 0) is 0 Å². The molecule has 1 N–H and O–H groups in total. The molecule has 0 bridgehead atoms. The van der Waals surface area contributed by atoms with E-state index in [0.29, 0.717) is 0 Å². The Morgan fingerprint density at radius 1 is 1.43 bits per heavy atom. The minimum absolute atomic E-state index is 1.30. The Morgan fingerprint density at radius 3 is 1.71 bits per heavy atom. The van der Waals surface area contributed by atoms with E-state index in [-0.39, 0.29) is 0 Å². The molecule has 0 atom stereocenters. The third-order valence-electron chi connectivity index (χ3n) is 0.638. The maximum atomic E-state index is 8.58. The largest absolute Gasteiger partial charge is 0.343 e. The van der Waals surface area contributed by atoms with Gasteiger partial charge in [0, 0.05) is 21.1 Å². The lowest BCUT2D eigenvalue weighted by Gasteiger charge is -2.17. The predicted octanol–water partition coefficient (Wildman–Crippen LogP) is -0.241. The normalized spacial score (nSPS) is 12.0. The van der Waals surface area contributed by atoms with Crippen LogP contribution in [0.5, 0.6) is 0 Å². The van der Waals surface area contributed by atoms with E-state index >= 15 is 0 Å². The molecule has 0 aliphatic carbocycles. The van der Waals surface area contributed by atoms with Crippen molar-refractivity contribution < 1.29 is 14.6 Å². The lowest BCUT2D eigenvalue weighted by atomic mass is 10.7. The van der Waals surface area contributed by atoms with Crippen LogP contribution in [0.4, 0.5) is 0 Å². The number of hydrogen-bond acceptors (Lipinski definition) is 3. The molecule has 0 aromatic heterocycles. The Kier molecular flexibility index (Phi) is 2.22. The minimum Gasteiger partial charge on any atom is -0.343 e. The van der Waals surface area contributed by atoms with E-state index in [1.165, 1.54) is 14.2 Å². The van der Waals surface area contributed by atoms with Crippen LogP contribution in [0, 0.1) is 6.92 Å². The zero-order valence-electron chi connectivity index (χ0n) is 4.47. The van der Waals surface area contributed by atoms with E-state index in [9.17, 15) is 0 Å². The molecule has 0 aromatic carbocycles. The number of hydrogen-bond donors (Lipinski definition) is 1. The summed E-state index contributed by atoms with van der Waals surface area (Å²) in [5.41, 5.74) is 0. The highest BCUT2D eigenvalue weighted by Gasteiger charge is 2.15. The molecule has 0 rings (SSSR count). The molecule has 0 fully saturated rings. The van der Waals surface area contributed by atoms with E-state index in [0.717, 1.165) is 0 Å². The standard InChI is InChI=1S/C4H9O3/c1-4(5,6-2)7-3/h5H,1H2,2-3H3. The average Bonchev–Trinajstić information content (AvgIpc) is 1.68. The van der Waals surface area contributed by atoms with Gasteiger partial charge >= 0.3 is 0 Å². The van der Waals surface area contributed by atoms with Gasteiger partial charge in [0.2, 0.25) is 0 Å². The van der Waals surface area contributed by atoms with Crippen LogP contribution < -0.4 is 0 Å². The van der Waals surface area contributed by atoms with E-state index in [1.54, 1.807) is 0 Å². The fourth-order valence-electron chi connectivity index (χ4n) is 0.0833. The van der Waals surface area contributed by atoms with Crippen molar-refractivity contribution in [2.45, 2.75) is 5.97 Å². The van der Waals surface area contributed by atoms with Gasteiger partial charge in [-0.2, -0.15) is 0 Å². The van der Waals surface area contributed by atoms with Crippen molar-refractivity contribution in [3.63, 3.8) is 0 Å². The molecule has 0 saturated carbocycles. The summed E-state index contributed by atoms with van der Waals surface area (Å²) in [5, 5.41) is 8.58. The first-order valence-corrected chi connectivity index (χ1v) is 1.80. The van der Waals surface area contributed by atoms with Gasteiger partial charge < -0.3 is 14.6 Å². The Morgan fingerprint density at radius 2 is 1.71 bits per heavy atom. The summed E-state index contributed by atoms with van der Waals surface area (Å²) in [5.74, 6) is -1.67. The third-order valence-corrected chi connectivity index (χ3v) is 0.638. The highest BCUT2D eigenvalue weighted by Crippen LogP contribution is 2.00. The molecule has 0 saturated heterocycles. The van der Waals surface area contributed by atoms with Crippen LogP contribution in [0.3, 0.4) is 0 Å². The van der Waals surface area contributed by atoms with Crippen LogP contribution in [-0.2, 0) is 9.47 Å². The zero-order valence-corrected chi connectivity index (χ0v) is 4.47. The van der Waals surface area contributed by atoms with Crippen molar-refractivity contribution in [1.29, 1.82) is 0 Å². The van der Waals surface area contributed by atoms with Gasteiger partial charge in [-0.1, -0.05) is 0 Å². The van der Waals surface area contributed by atoms with Crippen LogP contribution in [0.2, 0.25) is 0 Å². The summed E-state index contributed by atoms with van der Waals surface area (Å²) >= 11 is 0. The first-order valence-electron chi connectivity index (χ1n) is 1.80. The highest BCUT2D eigenvalue weighted by atomic mass is 16.8. The first kappa shape index (κ1) is 6.88. The van der Waals surface area contributed by atoms with Gasteiger partial charge in [0.05, 0.1) is 0 Å². The second kappa shape index (κ2) is 2.26.